The number of piperazine rings is 1. The van der Waals surface area contributed by atoms with E-state index in [1.54, 1.807) is 14.2 Å². The van der Waals surface area contributed by atoms with Crippen molar-refractivity contribution < 1.29 is 14.3 Å². The van der Waals surface area contributed by atoms with Gasteiger partial charge in [0.1, 0.15) is 5.82 Å². The Morgan fingerprint density at radius 1 is 1.24 bits per heavy atom. The number of aromatic nitrogens is 1. The maximum Gasteiger partial charge on any atom is 0.237 e. The van der Waals surface area contributed by atoms with E-state index in [9.17, 15) is 4.79 Å². The van der Waals surface area contributed by atoms with E-state index in [2.05, 4.69) is 14.8 Å². The van der Waals surface area contributed by atoms with E-state index in [1.807, 2.05) is 29.3 Å². The number of amides is 1. The van der Waals surface area contributed by atoms with Crippen LogP contribution in [0.1, 0.15) is 6.42 Å². The molecule has 0 unspecified atom stereocenters. The lowest BCUT2D eigenvalue weighted by atomic mass is 10.2. The molecule has 2 atom stereocenters. The first kappa shape index (κ1) is 18.1. The van der Waals surface area contributed by atoms with Crippen LogP contribution in [0.25, 0.3) is 0 Å². The minimum absolute atomic E-state index is 0.116. The number of ether oxygens (including phenoxy) is 2. The minimum atomic E-state index is 0.116. The topological polar surface area (TPSA) is 58.1 Å². The molecule has 0 radical (unpaired) electrons. The van der Waals surface area contributed by atoms with Crippen molar-refractivity contribution in [2.75, 3.05) is 65.0 Å². The van der Waals surface area contributed by atoms with Crippen molar-refractivity contribution in [3.05, 3.63) is 24.4 Å². The van der Waals surface area contributed by atoms with Gasteiger partial charge in [0.15, 0.2) is 0 Å². The number of hydrogen-bond acceptors (Lipinski definition) is 6. The monoisotopic (exact) mass is 348 g/mol. The molecular formula is C18H28N4O3. The van der Waals surface area contributed by atoms with E-state index in [0.29, 0.717) is 19.7 Å². The zero-order valence-corrected chi connectivity index (χ0v) is 15.1. The van der Waals surface area contributed by atoms with Crippen LogP contribution < -0.4 is 4.90 Å². The Morgan fingerprint density at radius 3 is 2.68 bits per heavy atom. The molecule has 2 saturated heterocycles. The van der Waals surface area contributed by atoms with Gasteiger partial charge in [-0.3, -0.25) is 9.69 Å². The highest BCUT2D eigenvalue weighted by molar-refractivity contribution is 5.79. The van der Waals surface area contributed by atoms with Gasteiger partial charge >= 0.3 is 0 Å². The quantitative estimate of drug-likeness (QED) is 0.745. The Labute approximate surface area is 149 Å². The van der Waals surface area contributed by atoms with Gasteiger partial charge in [-0.05, 0) is 18.6 Å². The lowest BCUT2D eigenvalue weighted by Gasteiger charge is -2.36. The summed E-state index contributed by atoms with van der Waals surface area (Å²) in [6.45, 7) is 5.24. The predicted molar refractivity (Wildman–Crippen MR) is 95.7 cm³/mol. The van der Waals surface area contributed by atoms with Gasteiger partial charge in [-0.25, -0.2) is 4.98 Å². The van der Waals surface area contributed by atoms with Crippen molar-refractivity contribution in [2.24, 2.45) is 0 Å². The van der Waals surface area contributed by atoms with E-state index in [1.165, 1.54) is 0 Å². The van der Waals surface area contributed by atoms with Crippen LogP contribution in [0, 0.1) is 0 Å². The molecule has 25 heavy (non-hydrogen) atoms. The van der Waals surface area contributed by atoms with E-state index in [4.69, 9.17) is 9.47 Å². The summed E-state index contributed by atoms with van der Waals surface area (Å²) in [5.74, 6) is 1.18. The lowest BCUT2D eigenvalue weighted by molar-refractivity contribution is -0.134. The largest absolute Gasteiger partial charge is 0.383 e. The first-order valence-electron chi connectivity index (χ1n) is 8.90. The molecule has 0 N–H and O–H groups in total. The Bertz CT molecular complexity index is 549. The molecule has 0 spiro atoms. The summed E-state index contributed by atoms with van der Waals surface area (Å²) in [5, 5.41) is 0. The molecule has 0 bridgehead atoms. The average Bonchev–Trinajstić information content (AvgIpc) is 3.07. The lowest BCUT2D eigenvalue weighted by Crippen LogP contribution is -2.51. The predicted octanol–water partition coefficient (Wildman–Crippen LogP) is 0.466. The van der Waals surface area contributed by atoms with Gasteiger partial charge in [-0.2, -0.15) is 0 Å². The maximum atomic E-state index is 12.8. The fraction of sp³-hybridized carbons (Fsp3) is 0.667. The number of hydrogen-bond donors (Lipinski definition) is 0. The summed E-state index contributed by atoms with van der Waals surface area (Å²) >= 11 is 0. The molecule has 2 aliphatic heterocycles. The second-order valence-corrected chi connectivity index (χ2v) is 6.70. The van der Waals surface area contributed by atoms with E-state index in [0.717, 1.165) is 38.4 Å². The van der Waals surface area contributed by atoms with E-state index < -0.39 is 0 Å². The highest BCUT2D eigenvalue weighted by Gasteiger charge is 2.35. The minimum Gasteiger partial charge on any atom is -0.383 e. The highest BCUT2D eigenvalue weighted by atomic mass is 16.5. The third kappa shape index (κ3) is 4.48. The van der Waals surface area contributed by atoms with E-state index in [-0.39, 0.29) is 18.1 Å². The van der Waals surface area contributed by atoms with Gasteiger partial charge in [0.2, 0.25) is 5.91 Å². The van der Waals surface area contributed by atoms with Gasteiger partial charge in [0.25, 0.3) is 0 Å². The van der Waals surface area contributed by atoms with Crippen LogP contribution in [-0.4, -0.2) is 92.9 Å². The molecule has 2 aliphatic rings. The molecule has 1 aromatic heterocycles. The number of anilines is 1. The van der Waals surface area contributed by atoms with Gasteiger partial charge in [-0.15, -0.1) is 0 Å². The molecule has 0 saturated carbocycles. The van der Waals surface area contributed by atoms with Crippen molar-refractivity contribution >= 4 is 11.7 Å². The number of nitrogens with zero attached hydrogens (tertiary/aromatic N) is 4. The smallest absolute Gasteiger partial charge is 0.237 e. The number of carbonyl (C=O) groups is 1. The summed E-state index contributed by atoms with van der Waals surface area (Å²) in [4.78, 5) is 23.6. The zero-order valence-electron chi connectivity index (χ0n) is 15.1. The Kier molecular flexibility index (Phi) is 6.23. The Hall–Kier alpha value is -1.70. The maximum absolute atomic E-state index is 12.8. The van der Waals surface area contributed by atoms with Gasteiger partial charge in [0, 0.05) is 53.1 Å². The number of carbonyl (C=O) groups excluding carboxylic acids is 1. The van der Waals surface area contributed by atoms with Crippen LogP contribution in [0.15, 0.2) is 24.4 Å². The molecule has 0 aromatic carbocycles. The molecule has 1 amide bonds. The highest BCUT2D eigenvalue weighted by Crippen LogP contribution is 2.21. The van der Waals surface area contributed by atoms with Crippen LogP contribution in [-0.2, 0) is 14.3 Å². The van der Waals surface area contributed by atoms with Crippen molar-refractivity contribution in [1.29, 1.82) is 0 Å². The van der Waals surface area contributed by atoms with Gasteiger partial charge in [0.05, 0.1) is 25.3 Å². The molecule has 2 fully saturated rings. The summed E-state index contributed by atoms with van der Waals surface area (Å²) in [6.07, 6.45) is 2.79. The van der Waals surface area contributed by atoms with Gasteiger partial charge < -0.3 is 19.3 Å². The molecule has 7 heteroatoms. The van der Waals surface area contributed by atoms with Crippen LogP contribution >= 0.6 is 0 Å². The van der Waals surface area contributed by atoms with Crippen LogP contribution in [0.4, 0.5) is 5.82 Å². The zero-order chi connectivity index (χ0) is 17.6. The fourth-order valence-corrected chi connectivity index (χ4v) is 3.66. The first-order valence-corrected chi connectivity index (χ1v) is 8.90. The third-order valence-electron chi connectivity index (χ3n) is 5.09. The first-order chi connectivity index (χ1) is 12.2. The number of pyridine rings is 1. The normalized spacial score (nSPS) is 24.7. The number of methoxy groups -OCH3 is 2. The second-order valence-electron chi connectivity index (χ2n) is 6.70. The summed E-state index contributed by atoms with van der Waals surface area (Å²) in [7, 11) is 3.39. The summed E-state index contributed by atoms with van der Waals surface area (Å²) < 4.78 is 10.7. The molecule has 3 rings (SSSR count). The molecule has 138 valence electrons. The standard InChI is InChI=1S/C18H28N4O3/c1-24-14-15-11-16(25-2)12-22(15)18(23)13-20-7-9-21(10-8-20)17-5-3-4-6-19-17/h3-6,15-16H,7-14H2,1-2H3/t15-,16+/m0/s1. The number of rotatable bonds is 6. The van der Waals surface area contributed by atoms with Crippen molar-refractivity contribution in [2.45, 2.75) is 18.6 Å². The van der Waals surface area contributed by atoms with Crippen LogP contribution in [0.5, 0.6) is 0 Å². The fourth-order valence-electron chi connectivity index (χ4n) is 3.66. The average molecular weight is 348 g/mol. The second kappa shape index (κ2) is 8.60. The van der Waals surface area contributed by atoms with Crippen molar-refractivity contribution in [3.8, 4) is 0 Å². The molecule has 0 aliphatic carbocycles. The molecular weight excluding hydrogens is 320 g/mol. The Morgan fingerprint density at radius 2 is 2.04 bits per heavy atom. The molecule has 7 nitrogen and oxygen atoms in total. The molecule has 1 aromatic rings. The SMILES string of the molecule is COC[C@@H]1C[C@@H](OC)CN1C(=O)CN1CCN(c2ccccn2)CC1. The molecule has 3 heterocycles. The summed E-state index contributed by atoms with van der Waals surface area (Å²) in [6, 6.07) is 6.09. The third-order valence-corrected chi connectivity index (χ3v) is 5.09. The number of likely N-dealkylation sites (tertiary alicyclic amines) is 1. The van der Waals surface area contributed by atoms with Crippen molar-refractivity contribution in [3.63, 3.8) is 0 Å². The van der Waals surface area contributed by atoms with Crippen LogP contribution in [0.3, 0.4) is 0 Å². The van der Waals surface area contributed by atoms with Crippen LogP contribution in [0.2, 0.25) is 0 Å². The van der Waals surface area contributed by atoms with Crippen molar-refractivity contribution in [1.82, 2.24) is 14.8 Å². The Balaban J connectivity index is 1.50. The van der Waals surface area contributed by atoms with E-state index >= 15 is 0 Å². The van der Waals surface area contributed by atoms with Gasteiger partial charge in [-0.1, -0.05) is 6.07 Å². The summed E-state index contributed by atoms with van der Waals surface area (Å²) in [5.41, 5.74) is 0.